The molecule has 0 aliphatic carbocycles. The molecule has 1 aromatic rings. The molecule has 0 saturated carbocycles. The quantitative estimate of drug-likeness (QED) is 0.574. The van der Waals surface area contributed by atoms with E-state index in [9.17, 15) is 5.11 Å². The van der Waals surface area contributed by atoms with E-state index in [0.29, 0.717) is 11.8 Å². The number of hydrogen-bond donors (Lipinski definition) is 2. The van der Waals surface area contributed by atoms with Crippen molar-refractivity contribution in [2.24, 2.45) is 0 Å². The molecule has 0 bridgehead atoms. The minimum Gasteiger partial charge on any atom is -0.506 e. The van der Waals surface area contributed by atoms with Crippen molar-refractivity contribution in [3.8, 4) is 5.75 Å². The number of aromatic hydroxyl groups is 1. The van der Waals surface area contributed by atoms with Crippen LogP contribution in [-0.2, 0) is 6.42 Å². The number of benzene rings is 1. The van der Waals surface area contributed by atoms with Crippen LogP contribution >= 0.6 is 0 Å². The minimum absolute atomic E-state index is 0.374. The third kappa shape index (κ3) is 1.13. The summed E-state index contributed by atoms with van der Waals surface area (Å²) >= 11 is 0. The van der Waals surface area contributed by atoms with Crippen LogP contribution in [0.2, 0.25) is 0 Å². The molecule has 0 amide bonds. The zero-order valence-corrected chi connectivity index (χ0v) is 7.17. The van der Waals surface area contributed by atoms with Crippen molar-refractivity contribution in [1.29, 1.82) is 0 Å². The van der Waals surface area contributed by atoms with Crippen molar-refractivity contribution in [3.05, 3.63) is 23.8 Å². The van der Waals surface area contributed by atoms with Crippen LogP contribution in [0.5, 0.6) is 5.75 Å². The number of hydrogen-bond acceptors (Lipinski definition) is 2. The van der Waals surface area contributed by atoms with Gasteiger partial charge in [0, 0.05) is 6.04 Å². The van der Waals surface area contributed by atoms with Crippen molar-refractivity contribution in [3.63, 3.8) is 0 Å². The van der Waals surface area contributed by atoms with Crippen LogP contribution in [-0.4, -0.2) is 11.1 Å². The lowest BCUT2D eigenvalue weighted by Gasteiger charge is -2.24. The Morgan fingerprint density at radius 2 is 2.33 bits per heavy atom. The van der Waals surface area contributed by atoms with Gasteiger partial charge in [0.15, 0.2) is 0 Å². The molecule has 1 atom stereocenters. The molecule has 0 unspecified atom stereocenters. The average molecular weight is 163 g/mol. The lowest BCUT2D eigenvalue weighted by atomic mass is 9.99. The Balaban J connectivity index is 2.43. The van der Waals surface area contributed by atoms with E-state index in [1.165, 1.54) is 5.56 Å². The second-order valence-electron chi connectivity index (χ2n) is 3.40. The van der Waals surface area contributed by atoms with Gasteiger partial charge in [0.25, 0.3) is 0 Å². The van der Waals surface area contributed by atoms with Crippen LogP contribution in [0.3, 0.4) is 0 Å². The summed E-state index contributed by atoms with van der Waals surface area (Å²) in [4.78, 5) is 0. The highest BCUT2D eigenvalue weighted by molar-refractivity contribution is 5.63. The van der Waals surface area contributed by atoms with Crippen molar-refractivity contribution < 1.29 is 5.11 Å². The van der Waals surface area contributed by atoms with Gasteiger partial charge in [-0.2, -0.15) is 0 Å². The summed E-state index contributed by atoms with van der Waals surface area (Å²) in [5, 5.41) is 12.8. The van der Waals surface area contributed by atoms with E-state index in [1.807, 2.05) is 6.07 Å². The highest BCUT2D eigenvalue weighted by Gasteiger charge is 2.15. The topological polar surface area (TPSA) is 32.3 Å². The molecule has 0 saturated heterocycles. The first-order valence-electron chi connectivity index (χ1n) is 4.35. The number of phenolic OH excluding ortho intramolecular Hbond substituents is 1. The summed E-state index contributed by atoms with van der Waals surface area (Å²) in [5.74, 6) is 0.374. The molecular weight excluding hydrogens is 150 g/mol. The van der Waals surface area contributed by atoms with Crippen LogP contribution < -0.4 is 5.32 Å². The number of rotatable bonds is 0. The van der Waals surface area contributed by atoms with E-state index in [-0.39, 0.29) is 0 Å². The summed E-state index contributed by atoms with van der Waals surface area (Å²) in [5.41, 5.74) is 2.16. The highest BCUT2D eigenvalue weighted by atomic mass is 16.3. The zero-order valence-electron chi connectivity index (χ0n) is 7.17. The third-order valence-electron chi connectivity index (χ3n) is 2.37. The fraction of sp³-hybridized carbons (Fsp3) is 0.400. The molecule has 1 aliphatic heterocycles. The van der Waals surface area contributed by atoms with Gasteiger partial charge in [-0.15, -0.1) is 0 Å². The van der Waals surface area contributed by atoms with E-state index in [2.05, 4.69) is 18.3 Å². The van der Waals surface area contributed by atoms with Gasteiger partial charge >= 0.3 is 0 Å². The van der Waals surface area contributed by atoms with E-state index in [4.69, 9.17) is 0 Å². The molecule has 12 heavy (non-hydrogen) atoms. The molecule has 2 nitrogen and oxygen atoms in total. The second kappa shape index (κ2) is 2.70. The van der Waals surface area contributed by atoms with Gasteiger partial charge in [-0.05, 0) is 31.4 Å². The third-order valence-corrected chi connectivity index (χ3v) is 2.37. The minimum atomic E-state index is 0.374. The Bertz CT molecular complexity index is 296. The molecule has 0 radical (unpaired) electrons. The lowest BCUT2D eigenvalue weighted by molar-refractivity contribution is 0.473. The zero-order chi connectivity index (χ0) is 8.55. The monoisotopic (exact) mass is 163 g/mol. The molecule has 0 spiro atoms. The SMILES string of the molecule is C[C@H]1CCc2cccc(O)c2N1. The van der Waals surface area contributed by atoms with Crippen LogP contribution in [0.4, 0.5) is 5.69 Å². The van der Waals surface area contributed by atoms with Crippen LogP contribution in [0.1, 0.15) is 18.9 Å². The Morgan fingerprint density at radius 3 is 3.17 bits per heavy atom. The number of anilines is 1. The van der Waals surface area contributed by atoms with Gasteiger partial charge < -0.3 is 10.4 Å². The normalized spacial score (nSPS) is 21.2. The maximum Gasteiger partial charge on any atom is 0.138 e. The Kier molecular flexibility index (Phi) is 1.68. The predicted octanol–water partition coefficient (Wildman–Crippen LogP) is 2.14. The summed E-state index contributed by atoms with van der Waals surface area (Å²) < 4.78 is 0. The number of aryl methyl sites for hydroxylation is 1. The van der Waals surface area contributed by atoms with Gasteiger partial charge in [-0.1, -0.05) is 12.1 Å². The van der Waals surface area contributed by atoms with Gasteiger partial charge in [-0.3, -0.25) is 0 Å². The molecule has 2 N–H and O–H groups in total. The van der Waals surface area contributed by atoms with E-state index < -0.39 is 0 Å². The summed E-state index contributed by atoms with van der Waals surface area (Å²) in [6.45, 7) is 2.13. The molecular formula is C10H13NO. The molecule has 2 heteroatoms. The van der Waals surface area contributed by atoms with Crippen molar-refractivity contribution in [2.45, 2.75) is 25.8 Å². The predicted molar refractivity (Wildman–Crippen MR) is 49.5 cm³/mol. The van der Waals surface area contributed by atoms with Crippen molar-refractivity contribution in [1.82, 2.24) is 0 Å². The van der Waals surface area contributed by atoms with Crippen molar-refractivity contribution >= 4 is 5.69 Å². The highest BCUT2D eigenvalue weighted by Crippen LogP contribution is 2.32. The number of phenols is 1. The van der Waals surface area contributed by atoms with Gasteiger partial charge in [0.1, 0.15) is 5.75 Å². The number of para-hydroxylation sites is 1. The van der Waals surface area contributed by atoms with Gasteiger partial charge in [-0.25, -0.2) is 0 Å². The maximum atomic E-state index is 9.51. The Hall–Kier alpha value is -1.18. The second-order valence-corrected chi connectivity index (χ2v) is 3.40. The largest absolute Gasteiger partial charge is 0.506 e. The molecule has 1 aromatic carbocycles. The summed E-state index contributed by atoms with van der Waals surface area (Å²) in [6, 6.07) is 6.16. The van der Waals surface area contributed by atoms with E-state index in [1.54, 1.807) is 6.07 Å². The molecule has 1 heterocycles. The van der Waals surface area contributed by atoms with Crippen LogP contribution in [0.25, 0.3) is 0 Å². The first kappa shape index (κ1) is 7.47. The van der Waals surface area contributed by atoms with E-state index >= 15 is 0 Å². The van der Waals surface area contributed by atoms with Crippen LogP contribution in [0, 0.1) is 0 Å². The molecule has 0 aromatic heterocycles. The number of nitrogens with one attached hydrogen (secondary N) is 1. The number of fused-ring (bicyclic) bond motifs is 1. The Labute approximate surface area is 72.2 Å². The van der Waals surface area contributed by atoms with E-state index in [0.717, 1.165) is 18.5 Å². The standard InChI is InChI=1S/C10H13NO/c1-7-5-6-8-3-2-4-9(12)10(8)11-7/h2-4,7,11-12H,5-6H2,1H3/t7-/m0/s1. The van der Waals surface area contributed by atoms with Gasteiger partial charge in [0.2, 0.25) is 0 Å². The first-order chi connectivity index (χ1) is 5.77. The fourth-order valence-corrected chi connectivity index (χ4v) is 1.65. The smallest absolute Gasteiger partial charge is 0.138 e. The average Bonchev–Trinajstić information content (AvgIpc) is 2.07. The maximum absolute atomic E-state index is 9.51. The lowest BCUT2D eigenvalue weighted by Crippen LogP contribution is -2.21. The molecule has 64 valence electrons. The summed E-state index contributed by atoms with van der Waals surface area (Å²) in [6.07, 6.45) is 2.22. The van der Waals surface area contributed by atoms with Crippen molar-refractivity contribution in [2.75, 3.05) is 5.32 Å². The first-order valence-corrected chi connectivity index (χ1v) is 4.35. The molecule has 1 aliphatic rings. The molecule has 0 fully saturated rings. The summed E-state index contributed by atoms with van der Waals surface area (Å²) in [7, 11) is 0. The van der Waals surface area contributed by atoms with Gasteiger partial charge in [0.05, 0.1) is 5.69 Å². The fourth-order valence-electron chi connectivity index (χ4n) is 1.65. The Morgan fingerprint density at radius 1 is 1.50 bits per heavy atom. The molecule has 2 rings (SSSR count). The van der Waals surface area contributed by atoms with Crippen LogP contribution in [0.15, 0.2) is 18.2 Å².